The highest BCUT2D eigenvalue weighted by Crippen LogP contribution is 2.30. The minimum atomic E-state index is -0.186. The van der Waals surface area contributed by atoms with Gasteiger partial charge in [0, 0.05) is 31.6 Å². The van der Waals surface area contributed by atoms with Crippen LogP contribution in [-0.4, -0.2) is 30.9 Å². The van der Waals surface area contributed by atoms with Crippen molar-refractivity contribution < 1.29 is 9.59 Å². The fourth-order valence-electron chi connectivity index (χ4n) is 3.23. The zero-order valence-corrected chi connectivity index (χ0v) is 15.8. The molecule has 0 saturated heterocycles. The van der Waals surface area contributed by atoms with Crippen molar-refractivity contribution in [1.29, 1.82) is 0 Å². The van der Waals surface area contributed by atoms with Gasteiger partial charge in [-0.1, -0.05) is 38.5 Å². The lowest BCUT2D eigenvalue weighted by Gasteiger charge is -2.17. The molecule has 1 aromatic rings. The fourth-order valence-corrected chi connectivity index (χ4v) is 3.23. The van der Waals surface area contributed by atoms with Gasteiger partial charge in [0.2, 0.25) is 11.8 Å². The van der Waals surface area contributed by atoms with E-state index in [1.807, 2.05) is 6.07 Å². The standard InChI is InChI=1S/C20H31N3O2/c1-5-13(2)11-18(24)22-14(3)9-10-15-7-6-8-16-12-17(20(25)21-4)23-19(15)16/h6-8,13-14,17,23H,5,9-12H2,1-4H3,(H,21,25)(H,22,24). The Morgan fingerprint density at radius 1 is 1.32 bits per heavy atom. The number of likely N-dealkylation sites (N-methyl/N-ethyl adjacent to an activating group) is 1. The zero-order chi connectivity index (χ0) is 18.4. The molecule has 0 bridgehead atoms. The molecule has 0 aromatic heterocycles. The average molecular weight is 345 g/mol. The van der Waals surface area contributed by atoms with Gasteiger partial charge in [-0.05, 0) is 36.8 Å². The van der Waals surface area contributed by atoms with Crippen molar-refractivity contribution >= 4 is 17.5 Å². The van der Waals surface area contributed by atoms with Crippen LogP contribution < -0.4 is 16.0 Å². The number of hydrogen-bond donors (Lipinski definition) is 3. The lowest BCUT2D eigenvalue weighted by atomic mass is 10.0. The molecule has 1 aliphatic rings. The minimum Gasteiger partial charge on any atom is -0.373 e. The first-order chi connectivity index (χ1) is 11.9. The van der Waals surface area contributed by atoms with E-state index >= 15 is 0 Å². The lowest BCUT2D eigenvalue weighted by molar-refractivity contribution is -0.122. The van der Waals surface area contributed by atoms with Crippen molar-refractivity contribution in [2.45, 2.75) is 65.0 Å². The van der Waals surface area contributed by atoms with Crippen molar-refractivity contribution in [2.24, 2.45) is 5.92 Å². The van der Waals surface area contributed by atoms with E-state index in [2.05, 4.69) is 48.9 Å². The number of para-hydroxylation sites is 1. The summed E-state index contributed by atoms with van der Waals surface area (Å²) in [6.07, 6.45) is 4.10. The summed E-state index contributed by atoms with van der Waals surface area (Å²) in [5.41, 5.74) is 3.50. The Labute approximate surface area is 151 Å². The van der Waals surface area contributed by atoms with Crippen molar-refractivity contribution in [3.63, 3.8) is 0 Å². The zero-order valence-electron chi connectivity index (χ0n) is 15.8. The number of carbonyl (C=O) groups excluding carboxylic acids is 2. The van der Waals surface area contributed by atoms with Gasteiger partial charge in [0.25, 0.3) is 0 Å². The summed E-state index contributed by atoms with van der Waals surface area (Å²) in [6, 6.07) is 6.18. The number of fused-ring (bicyclic) bond motifs is 1. The van der Waals surface area contributed by atoms with Gasteiger partial charge in [0.05, 0.1) is 0 Å². The van der Waals surface area contributed by atoms with Gasteiger partial charge < -0.3 is 16.0 Å². The van der Waals surface area contributed by atoms with Crippen LogP contribution in [0.15, 0.2) is 18.2 Å². The van der Waals surface area contributed by atoms with Crippen LogP contribution in [0, 0.1) is 5.92 Å². The van der Waals surface area contributed by atoms with Crippen LogP contribution in [0.5, 0.6) is 0 Å². The quantitative estimate of drug-likeness (QED) is 0.678. The molecule has 0 saturated carbocycles. The topological polar surface area (TPSA) is 70.2 Å². The largest absolute Gasteiger partial charge is 0.373 e. The molecule has 0 aliphatic carbocycles. The van der Waals surface area contributed by atoms with Gasteiger partial charge in [0.1, 0.15) is 6.04 Å². The van der Waals surface area contributed by atoms with Crippen LogP contribution in [0.4, 0.5) is 5.69 Å². The third-order valence-corrected chi connectivity index (χ3v) is 5.03. The first-order valence-electron chi connectivity index (χ1n) is 9.32. The first-order valence-corrected chi connectivity index (χ1v) is 9.32. The Morgan fingerprint density at radius 2 is 2.08 bits per heavy atom. The van der Waals surface area contributed by atoms with Crippen LogP contribution in [0.3, 0.4) is 0 Å². The SMILES string of the molecule is CCC(C)CC(=O)NC(C)CCc1cccc2c1NC(C(=O)NC)C2. The smallest absolute Gasteiger partial charge is 0.242 e. The number of benzene rings is 1. The van der Waals surface area contributed by atoms with E-state index in [9.17, 15) is 9.59 Å². The van der Waals surface area contributed by atoms with Gasteiger partial charge in [-0.25, -0.2) is 0 Å². The molecule has 25 heavy (non-hydrogen) atoms. The Balaban J connectivity index is 1.89. The summed E-state index contributed by atoms with van der Waals surface area (Å²) >= 11 is 0. The van der Waals surface area contributed by atoms with E-state index in [-0.39, 0.29) is 23.9 Å². The van der Waals surface area contributed by atoms with E-state index in [1.165, 1.54) is 11.1 Å². The number of amides is 2. The normalized spacial score (nSPS) is 18.0. The number of hydrogen-bond acceptors (Lipinski definition) is 3. The van der Waals surface area contributed by atoms with Crippen LogP contribution in [0.25, 0.3) is 0 Å². The maximum absolute atomic E-state index is 12.0. The predicted molar refractivity (Wildman–Crippen MR) is 102 cm³/mol. The Hall–Kier alpha value is -2.04. The molecule has 138 valence electrons. The lowest BCUT2D eigenvalue weighted by Crippen LogP contribution is -2.36. The maximum atomic E-state index is 12.0. The van der Waals surface area contributed by atoms with Crippen molar-refractivity contribution in [2.75, 3.05) is 12.4 Å². The molecule has 0 fully saturated rings. The van der Waals surface area contributed by atoms with Crippen LogP contribution in [-0.2, 0) is 22.4 Å². The minimum absolute atomic E-state index is 0.0211. The fraction of sp³-hybridized carbons (Fsp3) is 0.600. The Morgan fingerprint density at radius 3 is 2.76 bits per heavy atom. The highest BCUT2D eigenvalue weighted by atomic mass is 16.2. The number of anilines is 1. The van der Waals surface area contributed by atoms with Gasteiger partial charge >= 0.3 is 0 Å². The van der Waals surface area contributed by atoms with Crippen LogP contribution in [0.2, 0.25) is 0 Å². The van der Waals surface area contributed by atoms with Gasteiger partial charge in [0.15, 0.2) is 0 Å². The molecular weight excluding hydrogens is 314 g/mol. The second-order valence-corrected chi connectivity index (χ2v) is 7.19. The second kappa shape index (κ2) is 8.88. The van der Waals surface area contributed by atoms with E-state index in [1.54, 1.807) is 7.05 Å². The maximum Gasteiger partial charge on any atom is 0.242 e. The molecule has 0 radical (unpaired) electrons. The monoisotopic (exact) mass is 345 g/mol. The molecule has 3 N–H and O–H groups in total. The van der Waals surface area contributed by atoms with Crippen molar-refractivity contribution in [1.82, 2.24) is 10.6 Å². The molecule has 1 aliphatic heterocycles. The highest BCUT2D eigenvalue weighted by molar-refractivity contribution is 5.87. The molecule has 2 amide bonds. The van der Waals surface area contributed by atoms with Gasteiger partial charge in [-0.3, -0.25) is 9.59 Å². The summed E-state index contributed by atoms with van der Waals surface area (Å²) in [6.45, 7) is 6.26. The van der Waals surface area contributed by atoms with Crippen LogP contribution in [0.1, 0.15) is 51.2 Å². The Kier molecular flexibility index (Phi) is 6.85. The summed E-state index contributed by atoms with van der Waals surface area (Å²) in [4.78, 5) is 23.9. The average Bonchev–Trinajstić information content (AvgIpc) is 3.03. The number of carbonyl (C=O) groups is 2. The molecular formula is C20H31N3O2. The number of aryl methyl sites for hydroxylation is 1. The van der Waals surface area contributed by atoms with E-state index in [0.717, 1.165) is 31.4 Å². The molecule has 3 atom stereocenters. The Bertz CT molecular complexity index is 615. The van der Waals surface area contributed by atoms with E-state index in [0.29, 0.717) is 12.3 Å². The predicted octanol–water partition coefficient (Wildman–Crippen LogP) is 2.64. The molecule has 1 aromatic carbocycles. The third kappa shape index (κ3) is 5.21. The van der Waals surface area contributed by atoms with Crippen molar-refractivity contribution in [3.8, 4) is 0 Å². The number of rotatable bonds is 8. The molecule has 5 heteroatoms. The first kappa shape index (κ1) is 19.3. The second-order valence-electron chi connectivity index (χ2n) is 7.19. The van der Waals surface area contributed by atoms with E-state index < -0.39 is 0 Å². The summed E-state index contributed by atoms with van der Waals surface area (Å²) < 4.78 is 0. The van der Waals surface area contributed by atoms with Crippen molar-refractivity contribution in [3.05, 3.63) is 29.3 Å². The summed E-state index contributed by atoms with van der Waals surface area (Å²) in [7, 11) is 1.66. The summed E-state index contributed by atoms with van der Waals surface area (Å²) in [5, 5.41) is 9.15. The number of nitrogens with one attached hydrogen (secondary N) is 3. The van der Waals surface area contributed by atoms with Crippen LogP contribution >= 0.6 is 0 Å². The molecule has 5 nitrogen and oxygen atoms in total. The molecule has 1 heterocycles. The molecule has 3 unspecified atom stereocenters. The van der Waals surface area contributed by atoms with E-state index in [4.69, 9.17) is 0 Å². The third-order valence-electron chi connectivity index (χ3n) is 5.03. The highest BCUT2D eigenvalue weighted by Gasteiger charge is 2.27. The summed E-state index contributed by atoms with van der Waals surface area (Å²) in [5.74, 6) is 0.584. The van der Waals surface area contributed by atoms with Gasteiger partial charge in [-0.15, -0.1) is 0 Å². The molecule has 0 spiro atoms. The van der Waals surface area contributed by atoms with Gasteiger partial charge in [-0.2, -0.15) is 0 Å². The molecule has 2 rings (SSSR count).